The first-order valence-corrected chi connectivity index (χ1v) is 7.00. The number of amides is 1. The van der Waals surface area contributed by atoms with Gasteiger partial charge in [-0.15, -0.1) is 0 Å². The molecule has 1 aliphatic rings. The zero-order valence-electron chi connectivity index (χ0n) is 10.1. The summed E-state index contributed by atoms with van der Waals surface area (Å²) in [6.07, 6.45) is 1.60. The van der Waals surface area contributed by atoms with Gasteiger partial charge in [-0.25, -0.2) is 4.39 Å². The predicted molar refractivity (Wildman–Crippen MR) is 74.9 cm³/mol. The van der Waals surface area contributed by atoms with E-state index in [9.17, 15) is 14.3 Å². The highest BCUT2D eigenvalue weighted by Gasteiger charge is 2.43. The summed E-state index contributed by atoms with van der Waals surface area (Å²) in [6.45, 7) is 2.74. The molecule has 98 valence electrons. The Morgan fingerprint density at radius 2 is 2.22 bits per heavy atom. The van der Waals surface area contributed by atoms with E-state index in [2.05, 4.69) is 0 Å². The van der Waals surface area contributed by atoms with E-state index in [0.29, 0.717) is 28.6 Å². The Morgan fingerprint density at radius 1 is 1.56 bits per heavy atom. The van der Waals surface area contributed by atoms with Crippen LogP contribution >= 0.6 is 22.6 Å². The number of benzene rings is 1. The van der Waals surface area contributed by atoms with Gasteiger partial charge < -0.3 is 10.0 Å². The Morgan fingerprint density at radius 3 is 2.78 bits per heavy atom. The van der Waals surface area contributed by atoms with Gasteiger partial charge in [0.05, 0.1) is 24.3 Å². The van der Waals surface area contributed by atoms with Crippen molar-refractivity contribution in [1.29, 1.82) is 0 Å². The van der Waals surface area contributed by atoms with Crippen LogP contribution in [0.5, 0.6) is 0 Å². The van der Waals surface area contributed by atoms with Crippen molar-refractivity contribution in [3.63, 3.8) is 0 Å². The van der Waals surface area contributed by atoms with Crippen molar-refractivity contribution in [3.05, 3.63) is 33.1 Å². The highest BCUT2D eigenvalue weighted by atomic mass is 127. The molecule has 0 aromatic heterocycles. The van der Waals surface area contributed by atoms with Crippen molar-refractivity contribution >= 4 is 28.5 Å². The number of halogens is 2. The van der Waals surface area contributed by atoms with Crippen molar-refractivity contribution in [2.75, 3.05) is 13.1 Å². The number of aliphatic hydroxyl groups is 1. The van der Waals surface area contributed by atoms with Gasteiger partial charge >= 0.3 is 0 Å². The lowest BCUT2D eigenvalue weighted by Crippen LogP contribution is -2.63. The summed E-state index contributed by atoms with van der Waals surface area (Å²) in [7, 11) is 0. The summed E-state index contributed by atoms with van der Waals surface area (Å²) in [4.78, 5) is 13.7. The van der Waals surface area contributed by atoms with Crippen molar-refractivity contribution in [1.82, 2.24) is 4.90 Å². The maximum Gasteiger partial charge on any atom is 0.255 e. The molecular formula is C13H15FINO2. The van der Waals surface area contributed by atoms with Gasteiger partial charge in [-0.1, -0.05) is 13.3 Å². The molecule has 1 heterocycles. The van der Waals surface area contributed by atoms with Crippen LogP contribution in [-0.2, 0) is 0 Å². The number of hydrogen-bond acceptors (Lipinski definition) is 2. The van der Waals surface area contributed by atoms with Gasteiger partial charge in [0.1, 0.15) is 5.82 Å². The van der Waals surface area contributed by atoms with Gasteiger partial charge in [0.2, 0.25) is 0 Å². The third kappa shape index (κ3) is 2.66. The summed E-state index contributed by atoms with van der Waals surface area (Å²) in [5, 5.41) is 10.0. The van der Waals surface area contributed by atoms with Gasteiger partial charge in [-0.2, -0.15) is 0 Å². The third-order valence-corrected chi connectivity index (χ3v) is 4.03. The molecule has 1 aromatic carbocycles. The Hall–Kier alpha value is -0.690. The molecule has 0 spiro atoms. The van der Waals surface area contributed by atoms with Gasteiger partial charge in [0, 0.05) is 3.57 Å². The molecule has 0 atom stereocenters. The topological polar surface area (TPSA) is 40.5 Å². The zero-order valence-corrected chi connectivity index (χ0v) is 12.3. The molecule has 1 N–H and O–H groups in total. The average molecular weight is 363 g/mol. The quantitative estimate of drug-likeness (QED) is 0.839. The number of carbonyl (C=O) groups excluding carboxylic acids is 1. The molecule has 1 saturated heterocycles. The number of rotatable bonds is 3. The van der Waals surface area contributed by atoms with Crippen molar-refractivity contribution in [2.45, 2.75) is 25.4 Å². The first-order valence-electron chi connectivity index (χ1n) is 5.92. The summed E-state index contributed by atoms with van der Waals surface area (Å²) in [5.41, 5.74) is -0.230. The molecular weight excluding hydrogens is 348 g/mol. The van der Waals surface area contributed by atoms with Crippen LogP contribution in [0.25, 0.3) is 0 Å². The third-order valence-electron chi connectivity index (χ3n) is 3.13. The van der Waals surface area contributed by atoms with E-state index in [1.54, 1.807) is 4.90 Å². The van der Waals surface area contributed by atoms with E-state index in [4.69, 9.17) is 0 Å². The van der Waals surface area contributed by atoms with E-state index in [1.807, 2.05) is 29.5 Å². The summed E-state index contributed by atoms with van der Waals surface area (Å²) in [5.74, 6) is -0.484. The van der Waals surface area contributed by atoms with Crippen molar-refractivity contribution < 1.29 is 14.3 Å². The van der Waals surface area contributed by atoms with E-state index in [1.165, 1.54) is 18.2 Å². The molecule has 1 fully saturated rings. The molecule has 0 aliphatic carbocycles. The minimum absolute atomic E-state index is 0.139. The van der Waals surface area contributed by atoms with Gasteiger partial charge in [-0.3, -0.25) is 4.79 Å². The largest absolute Gasteiger partial charge is 0.386 e. The molecule has 1 aromatic rings. The Kier molecular flexibility index (Phi) is 3.91. The Bertz CT molecular complexity index is 472. The second-order valence-corrected chi connectivity index (χ2v) is 5.92. The minimum Gasteiger partial charge on any atom is -0.386 e. The lowest BCUT2D eigenvalue weighted by atomic mass is 9.89. The molecule has 3 nitrogen and oxygen atoms in total. The fourth-order valence-electron chi connectivity index (χ4n) is 2.26. The fourth-order valence-corrected chi connectivity index (χ4v) is 2.97. The van der Waals surface area contributed by atoms with Crippen LogP contribution < -0.4 is 0 Å². The number of β-amino-alcohol motifs (C(OH)–C–C–N with tert-alkyl or cyclic N) is 1. The van der Waals surface area contributed by atoms with E-state index in [-0.39, 0.29) is 11.7 Å². The first-order chi connectivity index (χ1) is 8.45. The van der Waals surface area contributed by atoms with Crippen molar-refractivity contribution in [2.24, 2.45) is 0 Å². The maximum atomic E-state index is 13.0. The standard InChI is InChI=1S/C13H15FINO2/c1-2-5-13(18)7-16(8-13)12(17)10-4-3-9(14)6-11(10)15/h3-4,6,18H,2,5,7-8H2,1H3. The molecule has 1 aliphatic heterocycles. The molecule has 5 heteroatoms. The molecule has 0 radical (unpaired) electrons. The second kappa shape index (κ2) is 5.13. The lowest BCUT2D eigenvalue weighted by Gasteiger charge is -2.46. The van der Waals surface area contributed by atoms with Crippen LogP contribution in [0.2, 0.25) is 0 Å². The second-order valence-electron chi connectivity index (χ2n) is 4.76. The number of carbonyl (C=O) groups is 1. The molecule has 2 rings (SSSR count). The fraction of sp³-hybridized carbons (Fsp3) is 0.462. The van der Waals surface area contributed by atoms with Crippen LogP contribution in [0.15, 0.2) is 18.2 Å². The van der Waals surface area contributed by atoms with E-state index in [0.717, 1.165) is 6.42 Å². The molecule has 18 heavy (non-hydrogen) atoms. The molecule has 0 bridgehead atoms. The lowest BCUT2D eigenvalue weighted by molar-refractivity contribution is -0.0860. The van der Waals surface area contributed by atoms with Crippen LogP contribution in [-0.4, -0.2) is 34.6 Å². The smallest absolute Gasteiger partial charge is 0.255 e. The summed E-state index contributed by atoms with van der Waals surface area (Å²) < 4.78 is 13.6. The first kappa shape index (κ1) is 13.7. The summed E-state index contributed by atoms with van der Waals surface area (Å²) >= 11 is 1.95. The average Bonchev–Trinajstić information content (AvgIpc) is 2.25. The van der Waals surface area contributed by atoms with Crippen molar-refractivity contribution in [3.8, 4) is 0 Å². The maximum absolute atomic E-state index is 13.0. The molecule has 0 unspecified atom stereocenters. The van der Waals surface area contributed by atoms with E-state index < -0.39 is 5.60 Å². The number of likely N-dealkylation sites (tertiary alicyclic amines) is 1. The number of hydrogen-bond donors (Lipinski definition) is 1. The van der Waals surface area contributed by atoms with Gasteiger partial charge in [0.15, 0.2) is 0 Å². The zero-order chi connectivity index (χ0) is 13.3. The molecule has 1 amide bonds. The van der Waals surface area contributed by atoms with Gasteiger partial charge in [0.25, 0.3) is 5.91 Å². The highest BCUT2D eigenvalue weighted by Crippen LogP contribution is 2.28. The predicted octanol–water partition coefficient (Wildman–Crippen LogP) is 2.42. The van der Waals surface area contributed by atoms with Crippen LogP contribution in [0.3, 0.4) is 0 Å². The normalized spacial score (nSPS) is 17.4. The minimum atomic E-state index is -0.726. The van der Waals surface area contributed by atoms with Crippen LogP contribution in [0.4, 0.5) is 4.39 Å². The van der Waals surface area contributed by atoms with Crippen LogP contribution in [0, 0.1) is 9.39 Å². The monoisotopic (exact) mass is 363 g/mol. The highest BCUT2D eigenvalue weighted by molar-refractivity contribution is 14.1. The van der Waals surface area contributed by atoms with Crippen LogP contribution in [0.1, 0.15) is 30.1 Å². The SMILES string of the molecule is CCCC1(O)CN(C(=O)c2ccc(F)cc2I)C1. The Balaban J connectivity index is 2.06. The number of nitrogens with zero attached hydrogens (tertiary/aromatic N) is 1. The van der Waals surface area contributed by atoms with E-state index >= 15 is 0 Å². The Labute approximate surface area is 119 Å². The summed E-state index contributed by atoms with van der Waals surface area (Å²) in [6, 6.07) is 4.12. The molecule has 0 saturated carbocycles. The van der Waals surface area contributed by atoms with Gasteiger partial charge in [-0.05, 0) is 47.2 Å².